The third-order valence-electron chi connectivity index (χ3n) is 3.20. The first kappa shape index (κ1) is 17.6. The molecule has 0 saturated heterocycles. The monoisotopic (exact) mass is 421 g/mol. The largest absolute Gasteiger partial charge is 0.411 e. The molecule has 128 valence electrons. The Labute approximate surface area is 156 Å². The molecule has 8 heteroatoms. The molecule has 5 nitrogen and oxygen atoms in total. The lowest BCUT2D eigenvalue weighted by molar-refractivity contribution is -0.113. The summed E-state index contributed by atoms with van der Waals surface area (Å²) < 4.78 is 19.9. The van der Waals surface area contributed by atoms with Crippen molar-refractivity contribution in [1.82, 2.24) is 10.2 Å². The SMILES string of the molecule is Cc1cccc(-c2nnc(SCC(=O)Nc3ccc(Br)cc3F)o2)c1. The molecular formula is C17H13BrFN3O2S. The summed E-state index contributed by atoms with van der Waals surface area (Å²) in [5.41, 5.74) is 2.03. The fourth-order valence-corrected chi connectivity index (χ4v) is 2.96. The van der Waals surface area contributed by atoms with Crippen molar-refractivity contribution in [1.29, 1.82) is 0 Å². The average Bonchev–Trinajstić information content (AvgIpc) is 3.05. The van der Waals surface area contributed by atoms with Gasteiger partial charge in [0.1, 0.15) is 5.82 Å². The average molecular weight is 422 g/mol. The predicted octanol–water partition coefficient (Wildman–Crippen LogP) is 4.68. The van der Waals surface area contributed by atoms with E-state index in [1.54, 1.807) is 6.07 Å². The van der Waals surface area contributed by atoms with E-state index >= 15 is 0 Å². The van der Waals surface area contributed by atoms with Crippen LogP contribution in [0.15, 0.2) is 56.6 Å². The molecule has 2 aromatic carbocycles. The molecule has 1 heterocycles. The van der Waals surface area contributed by atoms with Gasteiger partial charge in [0.2, 0.25) is 11.8 Å². The van der Waals surface area contributed by atoms with Crippen molar-refractivity contribution in [3.8, 4) is 11.5 Å². The molecule has 0 fully saturated rings. The highest BCUT2D eigenvalue weighted by molar-refractivity contribution is 9.10. The van der Waals surface area contributed by atoms with E-state index < -0.39 is 5.82 Å². The summed E-state index contributed by atoms with van der Waals surface area (Å²) in [5, 5.41) is 10.7. The maximum Gasteiger partial charge on any atom is 0.277 e. The van der Waals surface area contributed by atoms with E-state index in [0.29, 0.717) is 10.4 Å². The van der Waals surface area contributed by atoms with E-state index in [1.165, 1.54) is 12.1 Å². The van der Waals surface area contributed by atoms with Gasteiger partial charge in [-0.15, -0.1) is 10.2 Å². The molecule has 0 spiro atoms. The highest BCUT2D eigenvalue weighted by atomic mass is 79.9. The summed E-state index contributed by atoms with van der Waals surface area (Å²) in [6.45, 7) is 1.97. The molecule has 0 unspecified atom stereocenters. The molecule has 0 aliphatic heterocycles. The number of carbonyl (C=O) groups excluding carboxylic acids is 1. The van der Waals surface area contributed by atoms with Crippen LogP contribution < -0.4 is 5.32 Å². The Morgan fingerprint density at radius 2 is 2.12 bits per heavy atom. The van der Waals surface area contributed by atoms with Crippen LogP contribution in [0.25, 0.3) is 11.5 Å². The lowest BCUT2D eigenvalue weighted by Crippen LogP contribution is -2.15. The minimum Gasteiger partial charge on any atom is -0.411 e. The number of nitrogens with zero attached hydrogens (tertiary/aromatic N) is 2. The van der Waals surface area contributed by atoms with Gasteiger partial charge >= 0.3 is 0 Å². The standard InChI is InChI=1S/C17H13BrFN3O2S/c1-10-3-2-4-11(7-10)16-21-22-17(24-16)25-9-15(23)20-14-6-5-12(18)8-13(14)19/h2-8H,9H2,1H3,(H,20,23). The molecule has 1 aromatic heterocycles. The summed E-state index contributed by atoms with van der Waals surface area (Å²) in [7, 11) is 0. The van der Waals surface area contributed by atoms with Crippen LogP contribution in [0.2, 0.25) is 0 Å². The molecule has 0 aliphatic rings. The van der Waals surface area contributed by atoms with Crippen molar-refractivity contribution in [3.63, 3.8) is 0 Å². The second kappa shape index (κ2) is 7.79. The van der Waals surface area contributed by atoms with Crippen molar-refractivity contribution in [2.45, 2.75) is 12.1 Å². The van der Waals surface area contributed by atoms with Gasteiger partial charge in [0.25, 0.3) is 5.22 Å². The molecule has 3 rings (SSSR count). The second-order valence-electron chi connectivity index (χ2n) is 5.20. The van der Waals surface area contributed by atoms with Crippen LogP contribution in [0.1, 0.15) is 5.56 Å². The number of thioether (sulfide) groups is 1. The summed E-state index contributed by atoms with van der Waals surface area (Å²) in [5.74, 6) is -0.440. The van der Waals surface area contributed by atoms with Gasteiger partial charge in [-0.3, -0.25) is 4.79 Å². The Morgan fingerprint density at radius 1 is 1.28 bits per heavy atom. The Hall–Kier alpha value is -2.19. The number of aromatic nitrogens is 2. The quantitative estimate of drug-likeness (QED) is 0.605. The van der Waals surface area contributed by atoms with Gasteiger partial charge in [0, 0.05) is 10.0 Å². The minimum absolute atomic E-state index is 0.0327. The van der Waals surface area contributed by atoms with E-state index in [-0.39, 0.29) is 22.6 Å². The number of anilines is 1. The van der Waals surface area contributed by atoms with Crippen LogP contribution in [0, 0.1) is 12.7 Å². The summed E-state index contributed by atoms with van der Waals surface area (Å²) in [6, 6.07) is 12.1. The van der Waals surface area contributed by atoms with E-state index in [1.807, 2.05) is 31.2 Å². The van der Waals surface area contributed by atoms with Crippen LogP contribution in [0.5, 0.6) is 0 Å². The fourth-order valence-electron chi connectivity index (χ4n) is 2.07. The number of halogens is 2. The highest BCUT2D eigenvalue weighted by Crippen LogP contribution is 2.24. The molecule has 0 atom stereocenters. The van der Waals surface area contributed by atoms with Crippen LogP contribution in [-0.4, -0.2) is 21.9 Å². The first-order valence-electron chi connectivity index (χ1n) is 7.29. The van der Waals surface area contributed by atoms with Gasteiger partial charge in [-0.25, -0.2) is 4.39 Å². The van der Waals surface area contributed by atoms with Crippen molar-refractivity contribution in [2.75, 3.05) is 11.1 Å². The molecule has 0 aliphatic carbocycles. The maximum absolute atomic E-state index is 13.7. The first-order chi connectivity index (χ1) is 12.0. The Kier molecular flexibility index (Phi) is 5.50. The van der Waals surface area contributed by atoms with Crippen LogP contribution >= 0.6 is 27.7 Å². The van der Waals surface area contributed by atoms with Crippen molar-refractivity contribution < 1.29 is 13.6 Å². The number of hydrogen-bond donors (Lipinski definition) is 1. The minimum atomic E-state index is -0.507. The van der Waals surface area contributed by atoms with Crippen molar-refractivity contribution in [2.24, 2.45) is 0 Å². The highest BCUT2D eigenvalue weighted by Gasteiger charge is 2.12. The van der Waals surface area contributed by atoms with E-state index in [4.69, 9.17) is 4.42 Å². The number of aryl methyl sites for hydroxylation is 1. The summed E-state index contributed by atoms with van der Waals surface area (Å²) in [6.07, 6.45) is 0. The van der Waals surface area contributed by atoms with E-state index in [0.717, 1.165) is 22.9 Å². The topological polar surface area (TPSA) is 68.0 Å². The van der Waals surface area contributed by atoms with Crippen LogP contribution in [0.4, 0.5) is 10.1 Å². The fraction of sp³-hybridized carbons (Fsp3) is 0.118. The zero-order chi connectivity index (χ0) is 17.8. The molecule has 3 aromatic rings. The predicted molar refractivity (Wildman–Crippen MR) is 97.9 cm³/mol. The number of carbonyl (C=O) groups is 1. The van der Waals surface area contributed by atoms with Gasteiger partial charge in [-0.05, 0) is 37.3 Å². The van der Waals surface area contributed by atoms with Gasteiger partial charge in [0.05, 0.1) is 11.4 Å². The van der Waals surface area contributed by atoms with Gasteiger partial charge in [-0.1, -0.05) is 45.4 Å². The lowest BCUT2D eigenvalue weighted by Gasteiger charge is -2.05. The van der Waals surface area contributed by atoms with E-state index in [9.17, 15) is 9.18 Å². The number of hydrogen-bond acceptors (Lipinski definition) is 5. The maximum atomic E-state index is 13.7. The third kappa shape index (κ3) is 4.67. The molecule has 0 saturated carbocycles. The van der Waals surface area contributed by atoms with Crippen molar-refractivity contribution in [3.05, 3.63) is 58.3 Å². The summed E-state index contributed by atoms with van der Waals surface area (Å²) in [4.78, 5) is 11.9. The summed E-state index contributed by atoms with van der Waals surface area (Å²) >= 11 is 4.26. The van der Waals surface area contributed by atoms with Crippen LogP contribution in [-0.2, 0) is 4.79 Å². The van der Waals surface area contributed by atoms with E-state index in [2.05, 4.69) is 31.4 Å². The smallest absolute Gasteiger partial charge is 0.277 e. The molecule has 25 heavy (non-hydrogen) atoms. The third-order valence-corrected chi connectivity index (χ3v) is 4.52. The Bertz CT molecular complexity index is 916. The van der Waals surface area contributed by atoms with Gasteiger partial charge in [-0.2, -0.15) is 0 Å². The van der Waals surface area contributed by atoms with Crippen molar-refractivity contribution >= 4 is 39.3 Å². The zero-order valence-corrected chi connectivity index (χ0v) is 15.5. The number of amides is 1. The number of benzene rings is 2. The number of rotatable bonds is 5. The molecular weight excluding hydrogens is 409 g/mol. The van der Waals surface area contributed by atoms with Crippen LogP contribution in [0.3, 0.4) is 0 Å². The second-order valence-corrected chi connectivity index (χ2v) is 7.05. The van der Waals surface area contributed by atoms with Gasteiger partial charge < -0.3 is 9.73 Å². The first-order valence-corrected chi connectivity index (χ1v) is 9.07. The molecule has 1 amide bonds. The Morgan fingerprint density at radius 3 is 2.88 bits per heavy atom. The Balaban J connectivity index is 1.59. The number of nitrogens with one attached hydrogen (secondary N) is 1. The lowest BCUT2D eigenvalue weighted by atomic mass is 10.1. The zero-order valence-electron chi connectivity index (χ0n) is 13.1. The molecule has 0 bridgehead atoms. The van der Waals surface area contributed by atoms with Gasteiger partial charge in [0.15, 0.2) is 0 Å². The molecule has 0 radical (unpaired) electrons. The normalized spacial score (nSPS) is 10.7. The molecule has 1 N–H and O–H groups in total.